The Morgan fingerprint density at radius 3 is 2.62 bits per heavy atom. The highest BCUT2D eigenvalue weighted by Crippen LogP contribution is 2.29. The number of halogens is 3. The predicted octanol–water partition coefficient (Wildman–Crippen LogP) is 3.21. The largest absolute Gasteiger partial charge is 0.573 e. The molecule has 0 saturated heterocycles. The van der Waals surface area contributed by atoms with Crippen molar-refractivity contribution in [3.63, 3.8) is 0 Å². The van der Waals surface area contributed by atoms with Gasteiger partial charge in [0, 0.05) is 18.5 Å². The Labute approximate surface area is 136 Å². The molecule has 0 saturated carbocycles. The minimum absolute atomic E-state index is 0.0821. The van der Waals surface area contributed by atoms with E-state index in [1.54, 1.807) is 12.1 Å². The molecule has 1 aliphatic rings. The number of carbonyl (C=O) groups is 1. The number of hydrogen-bond donors (Lipinski definition) is 1. The Hall–Kier alpha value is -2.70. The van der Waals surface area contributed by atoms with Crippen LogP contribution in [-0.4, -0.2) is 18.4 Å². The van der Waals surface area contributed by atoms with Crippen LogP contribution in [0.5, 0.6) is 11.5 Å². The lowest BCUT2D eigenvalue weighted by atomic mass is 10.1. The highest BCUT2D eigenvalue weighted by molar-refractivity contribution is 5.82. The molecular formula is C17H14F3NO3. The van der Waals surface area contributed by atoms with E-state index in [0.717, 1.165) is 5.56 Å². The van der Waals surface area contributed by atoms with Crippen molar-refractivity contribution in [2.45, 2.75) is 25.4 Å². The maximum atomic E-state index is 12.4. The molecule has 24 heavy (non-hydrogen) atoms. The molecule has 0 spiro atoms. The van der Waals surface area contributed by atoms with Crippen LogP contribution in [0, 0.1) is 0 Å². The summed E-state index contributed by atoms with van der Waals surface area (Å²) >= 11 is 0. The zero-order chi connectivity index (χ0) is 17.2. The molecule has 1 atom stereocenters. The van der Waals surface area contributed by atoms with Crippen molar-refractivity contribution in [3.05, 3.63) is 59.7 Å². The van der Waals surface area contributed by atoms with E-state index in [1.165, 1.54) is 18.2 Å². The number of benzene rings is 2. The lowest BCUT2D eigenvalue weighted by molar-refractivity contribution is -0.274. The van der Waals surface area contributed by atoms with Crippen LogP contribution >= 0.6 is 0 Å². The monoisotopic (exact) mass is 337 g/mol. The lowest BCUT2D eigenvalue weighted by Gasteiger charge is -2.15. The van der Waals surface area contributed by atoms with Crippen LogP contribution in [0.15, 0.2) is 48.5 Å². The number of para-hydroxylation sites is 2. The summed E-state index contributed by atoms with van der Waals surface area (Å²) < 4.78 is 46.7. The molecule has 3 rings (SSSR count). The van der Waals surface area contributed by atoms with Gasteiger partial charge in [-0.25, -0.2) is 0 Å². The summed E-state index contributed by atoms with van der Waals surface area (Å²) in [7, 11) is 0. The van der Waals surface area contributed by atoms with E-state index in [2.05, 4.69) is 10.1 Å². The standard InChI is InChI=1S/C17H14F3NO3/c18-17(19,20)24-14-8-4-2-6-12(14)10-21-16(22)15-9-11-5-1-3-7-13(11)23-15/h1-8,15H,9-10H2,(H,21,22). The highest BCUT2D eigenvalue weighted by atomic mass is 19.4. The number of amides is 1. The van der Waals surface area contributed by atoms with E-state index in [4.69, 9.17) is 4.74 Å². The third-order valence-electron chi connectivity index (χ3n) is 3.59. The SMILES string of the molecule is O=C(NCc1ccccc1OC(F)(F)F)C1Cc2ccccc2O1. The minimum atomic E-state index is -4.78. The van der Waals surface area contributed by atoms with Crippen molar-refractivity contribution in [1.29, 1.82) is 0 Å². The molecule has 126 valence electrons. The van der Waals surface area contributed by atoms with Gasteiger partial charge in [-0.05, 0) is 17.7 Å². The van der Waals surface area contributed by atoms with E-state index in [1.807, 2.05) is 18.2 Å². The molecule has 1 unspecified atom stereocenters. The molecule has 7 heteroatoms. The molecule has 1 heterocycles. The van der Waals surface area contributed by atoms with Crippen LogP contribution in [0.3, 0.4) is 0 Å². The Balaban J connectivity index is 1.62. The Kier molecular flexibility index (Phi) is 4.33. The number of rotatable bonds is 4. The van der Waals surface area contributed by atoms with E-state index in [-0.39, 0.29) is 23.8 Å². The topological polar surface area (TPSA) is 47.6 Å². The zero-order valence-corrected chi connectivity index (χ0v) is 12.5. The lowest BCUT2D eigenvalue weighted by Crippen LogP contribution is -2.37. The summed E-state index contributed by atoms with van der Waals surface area (Å²) in [6.07, 6.45) is -5.03. The molecular weight excluding hydrogens is 323 g/mol. The van der Waals surface area contributed by atoms with Crippen LogP contribution < -0.4 is 14.8 Å². The zero-order valence-electron chi connectivity index (χ0n) is 12.5. The van der Waals surface area contributed by atoms with Crippen LogP contribution in [0.4, 0.5) is 13.2 Å². The average Bonchev–Trinajstić information content (AvgIpc) is 2.96. The Bertz CT molecular complexity index is 721. The van der Waals surface area contributed by atoms with Gasteiger partial charge in [-0.3, -0.25) is 4.79 Å². The van der Waals surface area contributed by atoms with Gasteiger partial charge in [-0.1, -0.05) is 36.4 Å². The van der Waals surface area contributed by atoms with Crippen molar-refractivity contribution in [1.82, 2.24) is 5.32 Å². The Morgan fingerprint density at radius 2 is 1.88 bits per heavy atom. The fourth-order valence-corrected chi connectivity index (χ4v) is 2.50. The number of fused-ring (bicyclic) bond motifs is 1. The van der Waals surface area contributed by atoms with E-state index in [9.17, 15) is 18.0 Å². The van der Waals surface area contributed by atoms with Gasteiger partial charge in [0.15, 0.2) is 6.10 Å². The summed E-state index contributed by atoms with van der Waals surface area (Å²) in [5.41, 5.74) is 1.16. The third-order valence-corrected chi connectivity index (χ3v) is 3.59. The molecule has 1 N–H and O–H groups in total. The fourth-order valence-electron chi connectivity index (χ4n) is 2.50. The van der Waals surface area contributed by atoms with Gasteiger partial charge in [0.1, 0.15) is 11.5 Å². The van der Waals surface area contributed by atoms with Crippen molar-refractivity contribution in [3.8, 4) is 11.5 Å². The van der Waals surface area contributed by atoms with E-state index < -0.39 is 12.5 Å². The summed E-state index contributed by atoms with van der Waals surface area (Å²) in [6.45, 7) is -0.0821. The maximum absolute atomic E-state index is 12.4. The van der Waals surface area contributed by atoms with Crippen LogP contribution in [0.25, 0.3) is 0 Å². The van der Waals surface area contributed by atoms with Crippen LogP contribution in [-0.2, 0) is 17.8 Å². The molecule has 0 radical (unpaired) electrons. The van der Waals surface area contributed by atoms with Gasteiger partial charge in [-0.2, -0.15) is 0 Å². The first kappa shape index (κ1) is 16.2. The van der Waals surface area contributed by atoms with Gasteiger partial charge >= 0.3 is 6.36 Å². The molecule has 0 aliphatic carbocycles. The quantitative estimate of drug-likeness (QED) is 0.932. The second kappa shape index (κ2) is 6.43. The Morgan fingerprint density at radius 1 is 1.17 bits per heavy atom. The van der Waals surface area contributed by atoms with Gasteiger partial charge in [-0.15, -0.1) is 13.2 Å². The molecule has 1 amide bonds. The van der Waals surface area contributed by atoms with Gasteiger partial charge in [0.25, 0.3) is 5.91 Å². The first-order chi connectivity index (χ1) is 11.4. The average molecular weight is 337 g/mol. The van der Waals surface area contributed by atoms with Crippen molar-refractivity contribution in [2.75, 3.05) is 0 Å². The number of hydrogen-bond acceptors (Lipinski definition) is 3. The first-order valence-electron chi connectivity index (χ1n) is 7.28. The van der Waals surface area contributed by atoms with E-state index in [0.29, 0.717) is 12.2 Å². The van der Waals surface area contributed by atoms with E-state index >= 15 is 0 Å². The predicted molar refractivity (Wildman–Crippen MR) is 79.5 cm³/mol. The first-order valence-corrected chi connectivity index (χ1v) is 7.28. The molecule has 0 aromatic heterocycles. The molecule has 1 aliphatic heterocycles. The number of ether oxygens (including phenoxy) is 2. The number of nitrogens with one attached hydrogen (secondary N) is 1. The van der Waals surface area contributed by atoms with Crippen molar-refractivity contribution in [2.24, 2.45) is 0 Å². The molecule has 0 fully saturated rings. The molecule has 4 nitrogen and oxygen atoms in total. The number of carbonyl (C=O) groups excluding carboxylic acids is 1. The highest BCUT2D eigenvalue weighted by Gasteiger charge is 2.32. The summed E-state index contributed by atoms with van der Waals surface area (Å²) in [4.78, 5) is 12.2. The summed E-state index contributed by atoms with van der Waals surface area (Å²) in [5, 5.41) is 2.59. The van der Waals surface area contributed by atoms with Crippen LogP contribution in [0.1, 0.15) is 11.1 Å². The molecule has 2 aromatic carbocycles. The second-order valence-electron chi connectivity index (χ2n) is 5.29. The van der Waals surface area contributed by atoms with Crippen LogP contribution in [0.2, 0.25) is 0 Å². The normalized spacial score (nSPS) is 16.2. The summed E-state index contributed by atoms with van der Waals surface area (Å²) in [6, 6.07) is 13.0. The maximum Gasteiger partial charge on any atom is 0.573 e. The molecule has 2 aromatic rings. The van der Waals surface area contributed by atoms with Gasteiger partial charge < -0.3 is 14.8 Å². The molecule has 0 bridgehead atoms. The smallest absolute Gasteiger partial charge is 0.480 e. The second-order valence-corrected chi connectivity index (χ2v) is 5.29. The fraction of sp³-hybridized carbons (Fsp3) is 0.235. The van der Waals surface area contributed by atoms with Gasteiger partial charge in [0.05, 0.1) is 0 Å². The number of alkyl halides is 3. The minimum Gasteiger partial charge on any atom is -0.480 e. The van der Waals surface area contributed by atoms with Crippen molar-refractivity contribution < 1.29 is 27.4 Å². The summed E-state index contributed by atoms with van der Waals surface area (Å²) in [5.74, 6) is -0.0626. The van der Waals surface area contributed by atoms with Gasteiger partial charge in [0.2, 0.25) is 0 Å². The van der Waals surface area contributed by atoms with Crippen molar-refractivity contribution >= 4 is 5.91 Å². The third kappa shape index (κ3) is 3.79.